The van der Waals surface area contributed by atoms with Crippen LogP contribution in [0.2, 0.25) is 0 Å². The summed E-state index contributed by atoms with van der Waals surface area (Å²) in [7, 11) is -1.62. The molecule has 0 atom stereocenters. The van der Waals surface area contributed by atoms with E-state index in [-0.39, 0.29) is 5.46 Å². The summed E-state index contributed by atoms with van der Waals surface area (Å²) in [6.07, 6.45) is -1.77. The highest BCUT2D eigenvalue weighted by atomic mass is 19.4. The van der Waals surface area contributed by atoms with E-state index in [9.17, 15) is 13.2 Å². The van der Waals surface area contributed by atoms with Crippen LogP contribution in [-0.2, 0) is 6.54 Å². The first-order chi connectivity index (χ1) is 8.85. The highest BCUT2D eigenvalue weighted by Crippen LogP contribution is 2.21. The summed E-state index contributed by atoms with van der Waals surface area (Å²) in [5, 5.41) is 21.7. The lowest BCUT2D eigenvalue weighted by molar-refractivity contribution is -0.142. The second-order valence-corrected chi connectivity index (χ2v) is 4.04. The van der Waals surface area contributed by atoms with Gasteiger partial charge >= 0.3 is 13.3 Å². The fourth-order valence-electron chi connectivity index (χ4n) is 1.66. The molecule has 1 heterocycles. The minimum absolute atomic E-state index is 0.265. The van der Waals surface area contributed by atoms with E-state index in [0.717, 1.165) is 4.68 Å². The molecule has 1 aromatic heterocycles. The third kappa shape index (κ3) is 3.58. The summed E-state index contributed by atoms with van der Waals surface area (Å²) in [4.78, 5) is 0. The molecule has 100 valence electrons. The average molecular weight is 270 g/mol. The second kappa shape index (κ2) is 5.06. The molecule has 0 saturated heterocycles. The first kappa shape index (κ1) is 13.6. The SMILES string of the molecule is OB(O)c1cccc(-c2cnn(CC(F)(F)F)c2)c1. The molecule has 19 heavy (non-hydrogen) atoms. The quantitative estimate of drug-likeness (QED) is 0.811. The van der Waals surface area contributed by atoms with Crippen LogP contribution in [-0.4, -0.2) is 33.1 Å². The van der Waals surface area contributed by atoms with E-state index in [2.05, 4.69) is 5.10 Å². The summed E-state index contributed by atoms with van der Waals surface area (Å²) < 4.78 is 37.4. The molecule has 0 aliphatic carbocycles. The van der Waals surface area contributed by atoms with Crippen LogP contribution in [0, 0.1) is 0 Å². The molecule has 0 radical (unpaired) electrons. The normalized spacial score (nSPS) is 11.6. The topological polar surface area (TPSA) is 58.3 Å². The fourth-order valence-corrected chi connectivity index (χ4v) is 1.66. The van der Waals surface area contributed by atoms with Gasteiger partial charge in [0.1, 0.15) is 6.54 Å². The number of rotatable bonds is 3. The number of nitrogens with zero attached hydrogens (tertiary/aromatic N) is 2. The van der Waals surface area contributed by atoms with Gasteiger partial charge in [0.2, 0.25) is 0 Å². The van der Waals surface area contributed by atoms with E-state index < -0.39 is 19.8 Å². The minimum atomic E-state index is -4.33. The molecule has 0 spiro atoms. The zero-order valence-electron chi connectivity index (χ0n) is 9.67. The van der Waals surface area contributed by atoms with Gasteiger partial charge in [-0.2, -0.15) is 18.3 Å². The Kier molecular flexibility index (Phi) is 3.63. The molecule has 0 amide bonds. The number of aromatic nitrogens is 2. The molecule has 4 nitrogen and oxygen atoms in total. The van der Waals surface area contributed by atoms with E-state index in [1.165, 1.54) is 24.5 Å². The van der Waals surface area contributed by atoms with Crippen LogP contribution >= 0.6 is 0 Å². The van der Waals surface area contributed by atoms with Crippen LogP contribution in [0.5, 0.6) is 0 Å². The molecule has 2 aromatic rings. The van der Waals surface area contributed by atoms with Crippen molar-refractivity contribution in [1.82, 2.24) is 9.78 Å². The van der Waals surface area contributed by atoms with Crippen LogP contribution in [0.15, 0.2) is 36.7 Å². The fraction of sp³-hybridized carbons (Fsp3) is 0.182. The third-order valence-electron chi connectivity index (χ3n) is 2.49. The number of hydrogen-bond donors (Lipinski definition) is 2. The smallest absolute Gasteiger partial charge is 0.423 e. The molecule has 0 unspecified atom stereocenters. The summed E-state index contributed by atoms with van der Waals surface area (Å²) >= 11 is 0. The van der Waals surface area contributed by atoms with Gasteiger partial charge in [-0.1, -0.05) is 24.3 Å². The Morgan fingerprint density at radius 1 is 1.21 bits per heavy atom. The van der Waals surface area contributed by atoms with Crippen LogP contribution in [0.1, 0.15) is 0 Å². The van der Waals surface area contributed by atoms with Gasteiger partial charge in [-0.3, -0.25) is 4.68 Å². The molecule has 0 saturated carbocycles. The Balaban J connectivity index is 2.25. The molecule has 0 aliphatic heterocycles. The van der Waals surface area contributed by atoms with Crippen LogP contribution < -0.4 is 5.46 Å². The van der Waals surface area contributed by atoms with Gasteiger partial charge in [0, 0.05) is 11.8 Å². The predicted octanol–water partition coefficient (Wildman–Crippen LogP) is 0.792. The molecule has 2 N–H and O–H groups in total. The lowest BCUT2D eigenvalue weighted by Crippen LogP contribution is -2.29. The lowest BCUT2D eigenvalue weighted by Gasteiger charge is -2.05. The monoisotopic (exact) mass is 270 g/mol. The summed E-state index contributed by atoms with van der Waals surface area (Å²) in [6, 6.07) is 6.24. The van der Waals surface area contributed by atoms with Gasteiger partial charge in [-0.05, 0) is 11.0 Å². The first-order valence-corrected chi connectivity index (χ1v) is 5.41. The standard InChI is InChI=1S/C11H10BF3N2O2/c13-11(14,15)7-17-6-9(5-16-17)8-2-1-3-10(4-8)12(18)19/h1-6,18-19H,7H2. The largest absolute Gasteiger partial charge is 0.488 e. The lowest BCUT2D eigenvalue weighted by atomic mass is 9.79. The number of hydrogen-bond acceptors (Lipinski definition) is 3. The van der Waals surface area contributed by atoms with Crippen LogP contribution in [0.25, 0.3) is 11.1 Å². The Bertz CT molecular complexity index is 569. The van der Waals surface area contributed by atoms with Crippen molar-refractivity contribution in [1.29, 1.82) is 0 Å². The van der Waals surface area contributed by atoms with Gasteiger partial charge in [0.25, 0.3) is 0 Å². The van der Waals surface area contributed by atoms with Crippen molar-refractivity contribution in [3.8, 4) is 11.1 Å². The van der Waals surface area contributed by atoms with Crippen molar-refractivity contribution >= 4 is 12.6 Å². The van der Waals surface area contributed by atoms with Crippen molar-refractivity contribution < 1.29 is 23.2 Å². The molecular formula is C11H10BF3N2O2. The van der Waals surface area contributed by atoms with Gasteiger partial charge in [-0.25, -0.2) is 0 Å². The van der Waals surface area contributed by atoms with Gasteiger partial charge in [0.05, 0.1) is 6.20 Å². The minimum Gasteiger partial charge on any atom is -0.423 e. The van der Waals surface area contributed by atoms with Gasteiger partial charge < -0.3 is 10.0 Å². The van der Waals surface area contributed by atoms with E-state index in [0.29, 0.717) is 11.1 Å². The molecule has 0 fully saturated rings. The maximum absolute atomic E-state index is 12.2. The summed E-state index contributed by atoms with van der Waals surface area (Å²) in [5.74, 6) is 0. The zero-order valence-corrected chi connectivity index (χ0v) is 9.67. The van der Waals surface area contributed by atoms with Crippen molar-refractivity contribution in [3.05, 3.63) is 36.7 Å². The molecule has 1 aromatic carbocycles. The number of alkyl halides is 3. The first-order valence-electron chi connectivity index (χ1n) is 5.41. The summed E-state index contributed by atoms with van der Waals surface area (Å²) in [5.41, 5.74) is 1.31. The van der Waals surface area contributed by atoms with E-state index >= 15 is 0 Å². The molecule has 0 bridgehead atoms. The van der Waals surface area contributed by atoms with Crippen molar-refractivity contribution in [2.45, 2.75) is 12.7 Å². The van der Waals surface area contributed by atoms with Crippen LogP contribution in [0.3, 0.4) is 0 Å². The molecular weight excluding hydrogens is 260 g/mol. The molecule has 0 aliphatic rings. The number of benzene rings is 1. The van der Waals surface area contributed by atoms with Crippen molar-refractivity contribution in [3.63, 3.8) is 0 Å². The Morgan fingerprint density at radius 3 is 2.58 bits per heavy atom. The van der Waals surface area contributed by atoms with Crippen molar-refractivity contribution in [2.75, 3.05) is 0 Å². The van der Waals surface area contributed by atoms with Crippen LogP contribution in [0.4, 0.5) is 13.2 Å². The van der Waals surface area contributed by atoms with Gasteiger partial charge in [0.15, 0.2) is 0 Å². The molecule has 2 rings (SSSR count). The van der Waals surface area contributed by atoms with E-state index in [4.69, 9.17) is 10.0 Å². The zero-order chi connectivity index (χ0) is 14.0. The second-order valence-electron chi connectivity index (χ2n) is 4.04. The van der Waals surface area contributed by atoms with E-state index in [1.807, 2.05) is 0 Å². The average Bonchev–Trinajstić information content (AvgIpc) is 2.75. The maximum Gasteiger partial charge on any atom is 0.488 e. The highest BCUT2D eigenvalue weighted by molar-refractivity contribution is 6.58. The maximum atomic E-state index is 12.2. The van der Waals surface area contributed by atoms with E-state index in [1.54, 1.807) is 12.1 Å². The highest BCUT2D eigenvalue weighted by Gasteiger charge is 2.28. The summed E-state index contributed by atoms with van der Waals surface area (Å²) in [6.45, 7) is -1.16. The third-order valence-corrected chi connectivity index (χ3v) is 2.49. The van der Waals surface area contributed by atoms with Gasteiger partial charge in [-0.15, -0.1) is 0 Å². The van der Waals surface area contributed by atoms with Crippen molar-refractivity contribution in [2.24, 2.45) is 0 Å². The Morgan fingerprint density at radius 2 is 1.95 bits per heavy atom. The Labute approximate surface area is 107 Å². The predicted molar refractivity (Wildman–Crippen MR) is 63.5 cm³/mol. The molecule has 8 heteroatoms. The number of halogens is 3. The Hall–Kier alpha value is -1.80.